The standard InChI is InChI=1S/C23H25N3O/c1-15-6-7-20-17(12-15)18-14-25(2)11-9-21(18)26(20)13-16-4-3-5-19-23(16)22(27)8-10-24-19/h6-8,10,12-13H,3-5,9,11,14H2,1-2H3,(H,24,27). The second-order valence-corrected chi connectivity index (χ2v) is 8.01. The summed E-state index contributed by atoms with van der Waals surface area (Å²) in [7, 11) is 2.19. The Morgan fingerprint density at radius 2 is 2.04 bits per heavy atom. The fourth-order valence-electron chi connectivity index (χ4n) is 4.73. The molecule has 1 N–H and O–H groups in total. The second kappa shape index (κ2) is 6.24. The topological polar surface area (TPSA) is 41.0 Å². The predicted molar refractivity (Wildman–Crippen MR) is 111 cm³/mol. The summed E-state index contributed by atoms with van der Waals surface area (Å²) in [5, 5.41) is 1.35. The molecule has 0 bridgehead atoms. The predicted octanol–water partition coefficient (Wildman–Crippen LogP) is 3.96. The van der Waals surface area contributed by atoms with E-state index in [1.54, 1.807) is 12.3 Å². The minimum absolute atomic E-state index is 0.135. The van der Waals surface area contributed by atoms with Gasteiger partial charge >= 0.3 is 0 Å². The van der Waals surface area contributed by atoms with Gasteiger partial charge in [0.1, 0.15) is 0 Å². The van der Waals surface area contributed by atoms with Crippen molar-refractivity contribution in [2.24, 2.45) is 0 Å². The molecule has 27 heavy (non-hydrogen) atoms. The highest BCUT2D eigenvalue weighted by Crippen LogP contribution is 2.34. The lowest BCUT2D eigenvalue weighted by Crippen LogP contribution is -2.27. The molecule has 4 nitrogen and oxygen atoms in total. The van der Waals surface area contributed by atoms with Crippen molar-refractivity contribution in [1.82, 2.24) is 14.5 Å². The van der Waals surface area contributed by atoms with Crippen molar-refractivity contribution >= 4 is 22.7 Å². The van der Waals surface area contributed by atoms with E-state index >= 15 is 0 Å². The van der Waals surface area contributed by atoms with Gasteiger partial charge in [-0.15, -0.1) is 0 Å². The van der Waals surface area contributed by atoms with Crippen LogP contribution in [0.2, 0.25) is 0 Å². The Kier molecular flexibility index (Phi) is 3.83. The Hall–Kier alpha value is -2.59. The molecule has 138 valence electrons. The number of H-pyrrole nitrogens is 1. The van der Waals surface area contributed by atoms with E-state index < -0.39 is 0 Å². The molecule has 3 aromatic rings. The number of nitrogens with one attached hydrogen (secondary N) is 1. The Labute approximate surface area is 159 Å². The van der Waals surface area contributed by atoms with E-state index in [2.05, 4.69) is 52.8 Å². The molecule has 0 radical (unpaired) electrons. The molecule has 5 rings (SSSR count). The summed E-state index contributed by atoms with van der Waals surface area (Å²) in [6.45, 7) is 4.22. The van der Waals surface area contributed by atoms with E-state index in [1.165, 1.54) is 27.7 Å². The molecule has 2 aromatic heterocycles. The number of aromatic nitrogens is 2. The number of likely N-dealkylation sites (N-methyl/N-ethyl adjacent to an activating group) is 1. The molecule has 3 heterocycles. The fourth-order valence-corrected chi connectivity index (χ4v) is 4.73. The van der Waals surface area contributed by atoms with Crippen molar-refractivity contribution in [1.29, 1.82) is 0 Å². The highest BCUT2D eigenvalue weighted by atomic mass is 16.1. The monoisotopic (exact) mass is 359 g/mol. The van der Waals surface area contributed by atoms with Crippen molar-refractivity contribution < 1.29 is 0 Å². The van der Waals surface area contributed by atoms with Gasteiger partial charge in [-0.25, -0.2) is 0 Å². The first-order valence-electron chi connectivity index (χ1n) is 9.84. The number of fused-ring (bicyclic) bond motifs is 4. The lowest BCUT2D eigenvalue weighted by Gasteiger charge is -2.24. The van der Waals surface area contributed by atoms with Crippen molar-refractivity contribution in [3.63, 3.8) is 0 Å². The average molecular weight is 359 g/mol. The first-order valence-corrected chi connectivity index (χ1v) is 9.84. The first kappa shape index (κ1) is 16.6. The van der Waals surface area contributed by atoms with Gasteiger partial charge in [-0.1, -0.05) is 11.6 Å². The van der Waals surface area contributed by atoms with E-state index in [-0.39, 0.29) is 5.43 Å². The summed E-state index contributed by atoms with van der Waals surface area (Å²) < 4.78 is 2.37. The number of hydrogen-bond acceptors (Lipinski definition) is 2. The number of benzene rings is 1. The number of rotatable bonds is 1. The summed E-state index contributed by atoms with van der Waals surface area (Å²) in [4.78, 5) is 18.3. The number of aromatic amines is 1. The van der Waals surface area contributed by atoms with Crippen molar-refractivity contribution in [3.05, 3.63) is 68.8 Å². The quantitative estimate of drug-likeness (QED) is 0.714. The number of allylic oxidation sites excluding steroid dienone is 1. The number of hydrogen-bond donors (Lipinski definition) is 1. The molecule has 0 atom stereocenters. The summed E-state index contributed by atoms with van der Waals surface area (Å²) in [6, 6.07) is 8.39. The molecule has 1 aliphatic carbocycles. The van der Waals surface area contributed by atoms with Crippen LogP contribution in [0.15, 0.2) is 35.3 Å². The number of nitrogens with zero attached hydrogens (tertiary/aromatic N) is 2. The average Bonchev–Trinajstić information content (AvgIpc) is 2.94. The zero-order valence-corrected chi connectivity index (χ0v) is 16.0. The zero-order chi connectivity index (χ0) is 18.5. The SMILES string of the molecule is Cc1ccc2c(c1)c1c(n2C=C2CCCc3[nH]ccc(=O)c32)CCN(C)C1. The third-order valence-electron chi connectivity index (χ3n) is 6.05. The summed E-state index contributed by atoms with van der Waals surface area (Å²) >= 11 is 0. The Morgan fingerprint density at radius 3 is 2.93 bits per heavy atom. The summed E-state index contributed by atoms with van der Waals surface area (Å²) in [6.07, 6.45) is 8.06. The van der Waals surface area contributed by atoms with Gasteiger partial charge in [0.2, 0.25) is 0 Å². The van der Waals surface area contributed by atoms with Crippen LogP contribution in [-0.2, 0) is 19.4 Å². The van der Waals surface area contributed by atoms with Crippen LogP contribution in [0.3, 0.4) is 0 Å². The van der Waals surface area contributed by atoms with Crippen LogP contribution >= 0.6 is 0 Å². The normalized spacial score (nSPS) is 18.7. The van der Waals surface area contributed by atoms with E-state index in [1.807, 2.05) is 0 Å². The van der Waals surface area contributed by atoms with Crippen molar-refractivity contribution in [2.45, 2.75) is 39.2 Å². The van der Waals surface area contributed by atoms with Crippen LogP contribution in [0, 0.1) is 6.92 Å². The smallest absolute Gasteiger partial charge is 0.189 e. The highest BCUT2D eigenvalue weighted by molar-refractivity contribution is 5.91. The van der Waals surface area contributed by atoms with Gasteiger partial charge in [-0.05, 0) is 56.5 Å². The molecule has 0 fully saturated rings. The van der Waals surface area contributed by atoms with E-state index in [0.717, 1.165) is 55.6 Å². The minimum Gasteiger partial charge on any atom is -0.364 e. The van der Waals surface area contributed by atoms with Crippen LogP contribution in [0.5, 0.6) is 0 Å². The van der Waals surface area contributed by atoms with Gasteiger partial charge in [0, 0.05) is 60.3 Å². The maximum atomic E-state index is 12.6. The molecular weight excluding hydrogens is 334 g/mol. The Bertz CT molecular complexity index is 1130. The molecule has 0 saturated carbocycles. The van der Waals surface area contributed by atoms with Crippen LogP contribution in [0.1, 0.15) is 40.9 Å². The van der Waals surface area contributed by atoms with Gasteiger partial charge < -0.3 is 14.5 Å². The van der Waals surface area contributed by atoms with Crippen LogP contribution < -0.4 is 5.43 Å². The molecule has 2 aliphatic rings. The Morgan fingerprint density at radius 1 is 1.15 bits per heavy atom. The number of pyridine rings is 1. The summed E-state index contributed by atoms with van der Waals surface area (Å²) in [5.41, 5.74) is 8.67. The van der Waals surface area contributed by atoms with E-state index in [9.17, 15) is 4.79 Å². The largest absolute Gasteiger partial charge is 0.364 e. The van der Waals surface area contributed by atoms with Gasteiger partial charge in [-0.2, -0.15) is 0 Å². The second-order valence-electron chi connectivity index (χ2n) is 8.01. The van der Waals surface area contributed by atoms with E-state index in [0.29, 0.717) is 0 Å². The molecule has 1 aromatic carbocycles. The van der Waals surface area contributed by atoms with Crippen LogP contribution in [0.25, 0.3) is 22.7 Å². The van der Waals surface area contributed by atoms with Crippen LogP contribution in [0.4, 0.5) is 0 Å². The van der Waals surface area contributed by atoms with Gasteiger partial charge in [-0.3, -0.25) is 4.79 Å². The maximum absolute atomic E-state index is 12.6. The van der Waals surface area contributed by atoms with E-state index in [4.69, 9.17) is 0 Å². The molecule has 0 saturated heterocycles. The summed E-state index contributed by atoms with van der Waals surface area (Å²) in [5.74, 6) is 0. The molecule has 0 amide bonds. The molecular formula is C23H25N3O. The lowest BCUT2D eigenvalue weighted by molar-refractivity contribution is 0.312. The molecule has 0 spiro atoms. The third kappa shape index (κ3) is 2.67. The molecule has 4 heteroatoms. The fraction of sp³-hybridized carbons (Fsp3) is 0.348. The minimum atomic E-state index is 0.135. The lowest BCUT2D eigenvalue weighted by atomic mass is 9.91. The van der Waals surface area contributed by atoms with Gasteiger partial charge in [0.15, 0.2) is 5.43 Å². The maximum Gasteiger partial charge on any atom is 0.189 e. The van der Waals surface area contributed by atoms with Gasteiger partial charge in [0.05, 0.1) is 5.52 Å². The van der Waals surface area contributed by atoms with Gasteiger partial charge in [0.25, 0.3) is 0 Å². The Balaban J connectivity index is 1.76. The van der Waals surface area contributed by atoms with Crippen LogP contribution in [-0.4, -0.2) is 28.0 Å². The highest BCUT2D eigenvalue weighted by Gasteiger charge is 2.23. The zero-order valence-electron chi connectivity index (χ0n) is 16.0. The van der Waals surface area contributed by atoms with Crippen molar-refractivity contribution in [3.8, 4) is 0 Å². The molecule has 1 aliphatic heterocycles. The first-order chi connectivity index (χ1) is 13.1. The molecule has 0 unspecified atom stereocenters. The van der Waals surface area contributed by atoms with Crippen molar-refractivity contribution in [2.75, 3.05) is 13.6 Å². The third-order valence-corrected chi connectivity index (χ3v) is 6.05. The number of aryl methyl sites for hydroxylation is 2.